The van der Waals surface area contributed by atoms with Gasteiger partial charge in [-0.15, -0.1) is 0 Å². The van der Waals surface area contributed by atoms with Crippen LogP contribution in [0.2, 0.25) is 0 Å². The van der Waals surface area contributed by atoms with E-state index in [0.717, 1.165) is 17.1 Å². The van der Waals surface area contributed by atoms with Gasteiger partial charge in [-0.2, -0.15) is 17.0 Å². The third-order valence-corrected chi connectivity index (χ3v) is 5.44. The molecule has 0 bridgehead atoms. The highest BCUT2D eigenvalue weighted by Gasteiger charge is 2.20. The second-order valence-corrected chi connectivity index (χ2v) is 8.27. The number of nitriles is 1. The van der Waals surface area contributed by atoms with E-state index in [1.54, 1.807) is 30.0 Å². The Balaban J connectivity index is 1.91. The molecule has 3 aromatic rings. The Morgan fingerprint density at radius 1 is 1.36 bits per heavy atom. The molecule has 5 nitrogen and oxygen atoms in total. The highest BCUT2D eigenvalue weighted by atomic mass is 32.2. The lowest BCUT2D eigenvalue weighted by molar-refractivity contribution is 0.0946. The maximum absolute atomic E-state index is 13.5. The van der Waals surface area contributed by atoms with Gasteiger partial charge in [0.1, 0.15) is 17.5 Å². The van der Waals surface area contributed by atoms with Crippen LogP contribution in [0.1, 0.15) is 47.2 Å². The van der Waals surface area contributed by atoms with Crippen molar-refractivity contribution in [1.82, 2.24) is 14.7 Å². The molecule has 0 radical (unpaired) electrons. The van der Waals surface area contributed by atoms with Crippen LogP contribution in [0.5, 0.6) is 0 Å². The molecule has 1 unspecified atom stereocenters. The highest BCUT2D eigenvalue weighted by molar-refractivity contribution is 7.99. The average molecular weight is 396 g/mol. The maximum Gasteiger partial charge on any atom is 0.256 e. The third kappa shape index (κ3) is 4.18. The van der Waals surface area contributed by atoms with Crippen LogP contribution in [0.15, 0.2) is 42.6 Å². The predicted molar refractivity (Wildman–Crippen MR) is 109 cm³/mol. The first-order valence-corrected chi connectivity index (χ1v) is 9.99. The molecule has 1 atom stereocenters. The van der Waals surface area contributed by atoms with Crippen LogP contribution < -0.4 is 5.32 Å². The molecule has 0 aliphatic heterocycles. The summed E-state index contributed by atoms with van der Waals surface area (Å²) >= 11 is 1.81. The van der Waals surface area contributed by atoms with Gasteiger partial charge in [0, 0.05) is 11.9 Å². The van der Waals surface area contributed by atoms with Crippen molar-refractivity contribution < 1.29 is 9.18 Å². The number of amides is 1. The number of hydrogen-bond donors (Lipinski definition) is 1. The van der Waals surface area contributed by atoms with Crippen molar-refractivity contribution in [1.29, 1.82) is 5.26 Å². The number of benzene rings is 1. The Kier molecular flexibility index (Phi) is 6.00. The number of imidazole rings is 1. The number of nitrogens with zero attached hydrogens (tertiary/aromatic N) is 3. The zero-order valence-corrected chi connectivity index (χ0v) is 16.8. The molecule has 28 heavy (non-hydrogen) atoms. The molecule has 0 aliphatic rings. The van der Waals surface area contributed by atoms with Crippen LogP contribution in [-0.4, -0.2) is 20.5 Å². The van der Waals surface area contributed by atoms with Crippen molar-refractivity contribution in [3.8, 4) is 6.07 Å². The smallest absolute Gasteiger partial charge is 0.256 e. The van der Waals surface area contributed by atoms with Crippen LogP contribution >= 0.6 is 11.8 Å². The molecule has 0 fully saturated rings. The van der Waals surface area contributed by atoms with Crippen LogP contribution in [0.25, 0.3) is 5.65 Å². The van der Waals surface area contributed by atoms with Crippen molar-refractivity contribution in [2.75, 3.05) is 0 Å². The standard InChI is InChI=1S/C21H21FN4OS/c1-13(2)28-12-19-14(3)24-20-17(8-5-9-26(19)20)21(27)25-18(11-23)15-6-4-7-16(22)10-15/h4-10,13,18H,12H2,1-3H3,(H,25,27). The Labute approximate surface area is 167 Å². The minimum atomic E-state index is -0.949. The number of carbonyl (C=O) groups excluding carboxylic acids is 1. The molecular weight excluding hydrogens is 375 g/mol. The van der Waals surface area contributed by atoms with Crippen molar-refractivity contribution >= 4 is 23.3 Å². The number of rotatable bonds is 6. The van der Waals surface area contributed by atoms with E-state index in [1.807, 2.05) is 23.6 Å². The summed E-state index contributed by atoms with van der Waals surface area (Å²) in [7, 11) is 0. The summed E-state index contributed by atoms with van der Waals surface area (Å²) < 4.78 is 15.4. The number of aryl methyl sites for hydroxylation is 1. The van der Waals surface area contributed by atoms with Gasteiger partial charge < -0.3 is 9.72 Å². The minimum Gasteiger partial charge on any atom is -0.332 e. The topological polar surface area (TPSA) is 70.2 Å². The summed E-state index contributed by atoms with van der Waals surface area (Å²) in [5, 5.41) is 12.6. The summed E-state index contributed by atoms with van der Waals surface area (Å²) in [6.07, 6.45) is 1.89. The zero-order chi connectivity index (χ0) is 20.3. The SMILES string of the molecule is Cc1nc2c(C(=O)NC(C#N)c3cccc(F)c3)cccn2c1CSC(C)C. The fourth-order valence-electron chi connectivity index (χ4n) is 2.91. The molecule has 1 aromatic carbocycles. The quantitative estimate of drug-likeness (QED) is 0.670. The number of carbonyl (C=O) groups is 1. The molecule has 1 amide bonds. The number of pyridine rings is 1. The lowest BCUT2D eigenvalue weighted by atomic mass is 10.1. The molecule has 0 spiro atoms. The molecular formula is C21H21FN4OS. The van der Waals surface area contributed by atoms with Crippen molar-refractivity contribution in [3.63, 3.8) is 0 Å². The molecule has 0 saturated carbocycles. The van der Waals surface area contributed by atoms with Crippen LogP contribution in [0, 0.1) is 24.1 Å². The Morgan fingerprint density at radius 3 is 2.82 bits per heavy atom. The van der Waals surface area contributed by atoms with Crippen molar-refractivity contribution in [2.45, 2.75) is 37.8 Å². The Bertz CT molecular complexity index is 1050. The number of halogens is 1. The van der Waals surface area contributed by atoms with Gasteiger partial charge in [0.05, 0.1) is 23.0 Å². The summed E-state index contributed by atoms with van der Waals surface area (Å²) in [6, 6.07) is 10.2. The fraction of sp³-hybridized carbons (Fsp3) is 0.286. The molecule has 1 N–H and O–H groups in total. The third-order valence-electron chi connectivity index (χ3n) is 4.33. The van der Waals surface area contributed by atoms with Gasteiger partial charge in [-0.25, -0.2) is 9.37 Å². The zero-order valence-electron chi connectivity index (χ0n) is 15.9. The summed E-state index contributed by atoms with van der Waals surface area (Å²) in [5.41, 5.74) is 3.24. The number of aromatic nitrogens is 2. The second kappa shape index (κ2) is 8.44. The van der Waals surface area contributed by atoms with E-state index in [4.69, 9.17) is 0 Å². The van der Waals surface area contributed by atoms with Gasteiger partial charge in [0.15, 0.2) is 0 Å². The first-order chi connectivity index (χ1) is 13.4. The molecule has 2 aromatic heterocycles. The van der Waals surface area contributed by atoms with Gasteiger partial charge >= 0.3 is 0 Å². The average Bonchev–Trinajstić information content (AvgIpc) is 2.99. The minimum absolute atomic E-state index is 0.378. The van der Waals surface area contributed by atoms with Gasteiger partial charge in [-0.05, 0) is 42.0 Å². The molecule has 2 heterocycles. The number of fused-ring (bicyclic) bond motifs is 1. The number of thioether (sulfide) groups is 1. The lowest BCUT2D eigenvalue weighted by Crippen LogP contribution is -2.28. The normalized spacial score (nSPS) is 12.1. The highest BCUT2D eigenvalue weighted by Crippen LogP contribution is 2.23. The fourth-order valence-corrected chi connectivity index (χ4v) is 3.75. The molecule has 144 valence electrons. The Hall–Kier alpha value is -2.85. The van der Waals surface area contributed by atoms with E-state index in [0.29, 0.717) is 22.0 Å². The van der Waals surface area contributed by atoms with Gasteiger partial charge in [-0.3, -0.25) is 4.79 Å². The molecule has 3 rings (SSSR count). The van der Waals surface area contributed by atoms with Crippen LogP contribution in [0.4, 0.5) is 4.39 Å². The molecule has 0 aliphatic carbocycles. The Morgan fingerprint density at radius 2 is 2.14 bits per heavy atom. The van der Waals surface area contributed by atoms with Crippen molar-refractivity contribution in [2.24, 2.45) is 0 Å². The maximum atomic E-state index is 13.5. The van der Waals surface area contributed by atoms with Gasteiger partial charge in [0.2, 0.25) is 0 Å². The largest absolute Gasteiger partial charge is 0.332 e. The van der Waals surface area contributed by atoms with E-state index in [2.05, 4.69) is 24.1 Å². The van der Waals surface area contributed by atoms with Gasteiger partial charge in [0.25, 0.3) is 5.91 Å². The van der Waals surface area contributed by atoms with Crippen LogP contribution in [0.3, 0.4) is 0 Å². The molecule has 7 heteroatoms. The van der Waals surface area contributed by atoms with E-state index < -0.39 is 17.8 Å². The summed E-state index contributed by atoms with van der Waals surface area (Å²) in [6.45, 7) is 6.20. The lowest BCUT2D eigenvalue weighted by Gasteiger charge is -2.13. The molecule has 0 saturated heterocycles. The predicted octanol–water partition coefficient (Wildman–Crippen LogP) is 4.42. The first kappa shape index (κ1) is 19.9. The van der Waals surface area contributed by atoms with Crippen molar-refractivity contribution in [3.05, 3.63) is 70.9 Å². The second-order valence-electron chi connectivity index (χ2n) is 6.71. The summed E-state index contributed by atoms with van der Waals surface area (Å²) in [5.74, 6) is -0.0837. The van der Waals surface area contributed by atoms with E-state index in [-0.39, 0.29) is 0 Å². The number of nitrogens with one attached hydrogen (secondary N) is 1. The van der Waals surface area contributed by atoms with Gasteiger partial charge in [-0.1, -0.05) is 26.0 Å². The van der Waals surface area contributed by atoms with Crippen LogP contribution in [-0.2, 0) is 5.75 Å². The van der Waals surface area contributed by atoms with E-state index >= 15 is 0 Å². The first-order valence-electron chi connectivity index (χ1n) is 8.94. The number of hydrogen-bond acceptors (Lipinski definition) is 4. The summed E-state index contributed by atoms with van der Waals surface area (Å²) in [4.78, 5) is 17.4. The monoisotopic (exact) mass is 396 g/mol. The van der Waals surface area contributed by atoms with E-state index in [9.17, 15) is 14.4 Å². The van der Waals surface area contributed by atoms with E-state index in [1.165, 1.54) is 18.2 Å².